The van der Waals surface area contributed by atoms with Gasteiger partial charge >= 0.3 is 0 Å². The van der Waals surface area contributed by atoms with Gasteiger partial charge in [-0.05, 0) is 65.7 Å². The number of anilines is 3. The summed E-state index contributed by atoms with van der Waals surface area (Å²) < 4.78 is 0. The predicted octanol–water partition coefficient (Wildman–Crippen LogP) is 3.66. The van der Waals surface area contributed by atoms with Crippen LogP contribution in [0.15, 0.2) is 60.8 Å². The van der Waals surface area contributed by atoms with Crippen molar-refractivity contribution < 1.29 is 0 Å². The Hall–Kier alpha value is -3.49. The number of nitrogen functional groups attached to an aromatic ring is 1. The topological polar surface area (TPSA) is 109 Å². The molecule has 2 aromatic carbocycles. The van der Waals surface area contributed by atoms with Crippen LogP contribution >= 0.6 is 11.6 Å². The first-order valence-corrected chi connectivity index (χ1v) is 10.4. The van der Waals surface area contributed by atoms with E-state index >= 15 is 0 Å². The van der Waals surface area contributed by atoms with Crippen LogP contribution in [0, 0.1) is 0 Å². The maximum atomic E-state index is 6.58. The van der Waals surface area contributed by atoms with E-state index in [4.69, 9.17) is 17.3 Å². The van der Waals surface area contributed by atoms with E-state index in [-0.39, 0.29) is 6.04 Å². The van der Waals surface area contributed by atoms with Crippen molar-refractivity contribution in [3.05, 3.63) is 65.8 Å². The number of nitrogens with two attached hydrogens (primary N) is 1. The molecule has 0 bridgehead atoms. The number of aromatic amines is 1. The Morgan fingerprint density at radius 3 is 2.61 bits per heavy atom. The molecule has 0 amide bonds. The first kappa shape index (κ1) is 19.5. The lowest BCUT2D eigenvalue weighted by molar-refractivity contribution is 0.705. The molecule has 4 N–H and O–H groups in total. The summed E-state index contributed by atoms with van der Waals surface area (Å²) in [4.78, 5) is 6.78. The van der Waals surface area contributed by atoms with E-state index in [2.05, 4.69) is 54.0 Å². The van der Waals surface area contributed by atoms with E-state index < -0.39 is 0 Å². The van der Waals surface area contributed by atoms with E-state index in [1.165, 1.54) is 0 Å². The molecule has 1 atom stereocenters. The number of nitrogens with zero attached hydrogens (tertiary/aromatic N) is 5. The molecular weight excluding hydrogens is 412 g/mol. The molecule has 8 nitrogen and oxygen atoms in total. The minimum Gasteiger partial charge on any atom is -0.399 e. The zero-order valence-electron chi connectivity index (χ0n) is 16.7. The molecule has 0 radical (unpaired) electrons. The molecule has 3 heterocycles. The molecule has 1 unspecified atom stereocenters. The molecule has 2 aromatic heterocycles. The third kappa shape index (κ3) is 3.83. The smallest absolute Gasteiger partial charge is 0.206 e. The van der Waals surface area contributed by atoms with Gasteiger partial charge in [-0.25, -0.2) is 4.98 Å². The molecule has 1 aliphatic heterocycles. The lowest BCUT2D eigenvalue weighted by Crippen LogP contribution is -2.34. The number of halogens is 1. The minimum absolute atomic E-state index is 0.195. The Labute approximate surface area is 184 Å². The second-order valence-corrected chi connectivity index (χ2v) is 7.82. The molecule has 9 heteroatoms. The zero-order chi connectivity index (χ0) is 21.2. The highest BCUT2D eigenvalue weighted by atomic mass is 35.5. The second kappa shape index (κ2) is 8.33. The summed E-state index contributed by atoms with van der Waals surface area (Å²) in [6, 6.07) is 17.9. The monoisotopic (exact) mass is 432 g/mol. The second-order valence-electron chi connectivity index (χ2n) is 7.41. The fourth-order valence-corrected chi connectivity index (χ4v) is 4.17. The van der Waals surface area contributed by atoms with Crippen molar-refractivity contribution in [3.8, 4) is 22.5 Å². The van der Waals surface area contributed by atoms with E-state index in [1.54, 1.807) is 6.20 Å². The van der Waals surface area contributed by atoms with Gasteiger partial charge in [-0.1, -0.05) is 29.8 Å². The fourth-order valence-electron chi connectivity index (χ4n) is 3.95. The van der Waals surface area contributed by atoms with Gasteiger partial charge in [0.1, 0.15) is 0 Å². The van der Waals surface area contributed by atoms with Crippen LogP contribution in [0.5, 0.6) is 0 Å². The Kier molecular flexibility index (Phi) is 5.23. The van der Waals surface area contributed by atoms with Crippen molar-refractivity contribution in [2.75, 3.05) is 23.7 Å². The number of pyridine rings is 1. The molecule has 1 saturated heterocycles. The summed E-state index contributed by atoms with van der Waals surface area (Å²) in [5.41, 5.74) is 10.4. The molecule has 0 aliphatic carbocycles. The summed E-state index contributed by atoms with van der Waals surface area (Å²) >= 11 is 6.58. The molecule has 0 saturated carbocycles. The van der Waals surface area contributed by atoms with Gasteiger partial charge in [0.05, 0.1) is 10.7 Å². The summed E-state index contributed by atoms with van der Waals surface area (Å²) in [5, 5.41) is 18.9. The van der Waals surface area contributed by atoms with Crippen LogP contribution in [0.2, 0.25) is 5.02 Å². The van der Waals surface area contributed by atoms with Crippen molar-refractivity contribution in [3.63, 3.8) is 0 Å². The molecule has 1 aliphatic rings. The number of rotatable bonds is 5. The largest absolute Gasteiger partial charge is 0.399 e. The average Bonchev–Trinajstić information content (AvgIpc) is 3.51. The number of tetrazole rings is 1. The summed E-state index contributed by atoms with van der Waals surface area (Å²) in [6.45, 7) is 1.77. The van der Waals surface area contributed by atoms with Gasteiger partial charge in [-0.2, -0.15) is 5.21 Å². The van der Waals surface area contributed by atoms with E-state index in [0.29, 0.717) is 16.7 Å². The van der Waals surface area contributed by atoms with E-state index in [0.717, 1.165) is 47.6 Å². The Morgan fingerprint density at radius 1 is 1.06 bits per heavy atom. The van der Waals surface area contributed by atoms with Crippen molar-refractivity contribution in [1.82, 2.24) is 30.9 Å². The standard InChI is InChI=1S/C22H21ClN8/c23-19-2-1-10-26-22(19)31(17-9-11-25-13-17)20-8-5-15(14-3-6-16(24)7-4-14)12-18(20)21-27-29-30-28-21/h1-8,10,12,17,25H,9,11,13,24H2,(H,27,28,29,30). The molecule has 4 aromatic rings. The number of nitrogens with one attached hydrogen (secondary N) is 2. The van der Waals surface area contributed by atoms with Crippen LogP contribution in [-0.4, -0.2) is 44.7 Å². The summed E-state index contributed by atoms with van der Waals surface area (Å²) in [5.74, 6) is 1.22. The highest BCUT2D eigenvalue weighted by Crippen LogP contribution is 2.40. The highest BCUT2D eigenvalue weighted by Gasteiger charge is 2.29. The maximum absolute atomic E-state index is 6.58. The normalized spacial score (nSPS) is 15.8. The molecular formula is C22H21ClN8. The van der Waals surface area contributed by atoms with Crippen molar-refractivity contribution in [2.45, 2.75) is 12.5 Å². The number of aromatic nitrogens is 5. The quantitative estimate of drug-likeness (QED) is 0.413. The van der Waals surface area contributed by atoms with E-state index in [1.807, 2.05) is 36.4 Å². The van der Waals surface area contributed by atoms with Gasteiger partial charge in [-0.15, -0.1) is 10.2 Å². The number of benzene rings is 2. The van der Waals surface area contributed by atoms with Gasteiger partial charge in [0.25, 0.3) is 0 Å². The van der Waals surface area contributed by atoms with Gasteiger partial charge in [0, 0.05) is 30.0 Å². The van der Waals surface area contributed by atoms with Crippen molar-refractivity contribution >= 4 is 28.8 Å². The Balaban J connectivity index is 1.69. The maximum Gasteiger partial charge on any atom is 0.206 e. The third-order valence-electron chi connectivity index (χ3n) is 5.45. The van der Waals surface area contributed by atoms with Crippen LogP contribution in [0.3, 0.4) is 0 Å². The number of hydrogen-bond donors (Lipinski definition) is 3. The highest BCUT2D eigenvalue weighted by molar-refractivity contribution is 6.33. The lowest BCUT2D eigenvalue weighted by Gasteiger charge is -2.32. The van der Waals surface area contributed by atoms with Crippen LogP contribution < -0.4 is 16.0 Å². The SMILES string of the molecule is Nc1ccc(-c2ccc(N(c3ncccc3Cl)C3CCNC3)c(-c3nn[nH]n3)c2)cc1. The van der Waals surface area contributed by atoms with Gasteiger partial charge in [-0.3, -0.25) is 0 Å². The fraction of sp³-hybridized carbons (Fsp3) is 0.182. The molecule has 5 rings (SSSR count). The van der Waals surface area contributed by atoms with Gasteiger partial charge < -0.3 is 16.0 Å². The van der Waals surface area contributed by atoms with Crippen molar-refractivity contribution in [2.24, 2.45) is 0 Å². The Bertz CT molecular complexity index is 1170. The summed E-state index contributed by atoms with van der Waals surface area (Å²) in [6.07, 6.45) is 2.73. The first-order chi connectivity index (χ1) is 15.2. The molecule has 156 valence electrons. The molecule has 0 spiro atoms. The predicted molar refractivity (Wildman–Crippen MR) is 122 cm³/mol. The van der Waals surface area contributed by atoms with Crippen LogP contribution in [-0.2, 0) is 0 Å². The van der Waals surface area contributed by atoms with Crippen LogP contribution in [0.4, 0.5) is 17.2 Å². The van der Waals surface area contributed by atoms with Crippen molar-refractivity contribution in [1.29, 1.82) is 0 Å². The van der Waals surface area contributed by atoms with E-state index in [9.17, 15) is 0 Å². The number of H-pyrrole nitrogens is 1. The average molecular weight is 433 g/mol. The third-order valence-corrected chi connectivity index (χ3v) is 5.75. The molecule has 31 heavy (non-hydrogen) atoms. The van der Waals surface area contributed by atoms with Gasteiger partial charge in [0.15, 0.2) is 5.82 Å². The lowest BCUT2D eigenvalue weighted by atomic mass is 9.99. The van der Waals surface area contributed by atoms with Crippen LogP contribution in [0.25, 0.3) is 22.5 Å². The zero-order valence-corrected chi connectivity index (χ0v) is 17.4. The number of hydrogen-bond acceptors (Lipinski definition) is 7. The first-order valence-electron chi connectivity index (χ1n) is 10.0. The van der Waals surface area contributed by atoms with Gasteiger partial charge in [0.2, 0.25) is 5.82 Å². The van der Waals surface area contributed by atoms with Crippen LogP contribution in [0.1, 0.15) is 6.42 Å². The molecule has 1 fully saturated rings. The Morgan fingerprint density at radius 2 is 1.90 bits per heavy atom. The minimum atomic E-state index is 0.195. The summed E-state index contributed by atoms with van der Waals surface area (Å²) in [7, 11) is 0.